The van der Waals surface area contributed by atoms with Gasteiger partial charge in [0.15, 0.2) is 0 Å². The Balaban J connectivity index is 2.40. The van der Waals surface area contributed by atoms with Crippen LogP contribution in [0.4, 0.5) is 0 Å². The standard InChI is InChI=1S/C14H22N2O/c1-4-11-5-6-13(17-3)12(9-11)14(2)10-15-7-8-16-14/h5-6,9,15-16H,4,7-8,10H2,1-3H3. The first-order chi connectivity index (χ1) is 8.19. The van der Waals surface area contributed by atoms with E-state index in [-0.39, 0.29) is 5.54 Å². The molecule has 1 aliphatic rings. The highest BCUT2D eigenvalue weighted by atomic mass is 16.5. The van der Waals surface area contributed by atoms with E-state index in [1.54, 1.807) is 7.11 Å². The normalized spacial score (nSPS) is 24.6. The first-order valence-corrected chi connectivity index (χ1v) is 6.33. The molecule has 17 heavy (non-hydrogen) atoms. The maximum Gasteiger partial charge on any atom is 0.123 e. The molecule has 1 aliphatic heterocycles. The van der Waals surface area contributed by atoms with Crippen molar-refractivity contribution in [1.29, 1.82) is 0 Å². The van der Waals surface area contributed by atoms with Crippen molar-refractivity contribution >= 4 is 0 Å². The molecule has 0 amide bonds. The van der Waals surface area contributed by atoms with E-state index in [1.165, 1.54) is 11.1 Å². The van der Waals surface area contributed by atoms with E-state index in [2.05, 4.69) is 42.7 Å². The van der Waals surface area contributed by atoms with Gasteiger partial charge < -0.3 is 15.4 Å². The zero-order chi connectivity index (χ0) is 12.3. The number of piperazine rings is 1. The lowest BCUT2D eigenvalue weighted by Crippen LogP contribution is -2.55. The molecular weight excluding hydrogens is 212 g/mol. The van der Waals surface area contributed by atoms with Crippen LogP contribution in [0.25, 0.3) is 0 Å². The summed E-state index contributed by atoms with van der Waals surface area (Å²) in [5.74, 6) is 0.973. The van der Waals surface area contributed by atoms with Crippen LogP contribution in [0.1, 0.15) is 25.0 Å². The van der Waals surface area contributed by atoms with Crippen LogP contribution in [0.3, 0.4) is 0 Å². The number of nitrogens with one attached hydrogen (secondary N) is 2. The van der Waals surface area contributed by atoms with Crippen molar-refractivity contribution < 1.29 is 4.74 Å². The van der Waals surface area contributed by atoms with Crippen molar-refractivity contribution in [3.63, 3.8) is 0 Å². The van der Waals surface area contributed by atoms with Crippen LogP contribution >= 0.6 is 0 Å². The smallest absolute Gasteiger partial charge is 0.123 e. The molecule has 1 saturated heterocycles. The lowest BCUT2D eigenvalue weighted by atomic mass is 9.88. The van der Waals surface area contributed by atoms with Gasteiger partial charge in [-0.25, -0.2) is 0 Å². The van der Waals surface area contributed by atoms with Gasteiger partial charge in [-0.1, -0.05) is 19.1 Å². The summed E-state index contributed by atoms with van der Waals surface area (Å²) in [4.78, 5) is 0. The minimum absolute atomic E-state index is 0.0330. The summed E-state index contributed by atoms with van der Waals surface area (Å²) in [5, 5.41) is 7.04. The third-order valence-corrected chi connectivity index (χ3v) is 3.56. The van der Waals surface area contributed by atoms with Crippen molar-refractivity contribution in [1.82, 2.24) is 10.6 Å². The van der Waals surface area contributed by atoms with Gasteiger partial charge in [0.1, 0.15) is 5.75 Å². The largest absolute Gasteiger partial charge is 0.496 e. The van der Waals surface area contributed by atoms with Gasteiger partial charge in [-0.15, -0.1) is 0 Å². The summed E-state index contributed by atoms with van der Waals surface area (Å²) >= 11 is 0. The summed E-state index contributed by atoms with van der Waals surface area (Å²) < 4.78 is 5.50. The topological polar surface area (TPSA) is 33.3 Å². The van der Waals surface area contributed by atoms with Gasteiger partial charge in [0.2, 0.25) is 0 Å². The zero-order valence-electron chi connectivity index (χ0n) is 11.0. The van der Waals surface area contributed by atoms with E-state index in [4.69, 9.17) is 4.74 Å². The number of methoxy groups -OCH3 is 1. The number of hydrogen-bond donors (Lipinski definition) is 2. The lowest BCUT2D eigenvalue weighted by Gasteiger charge is -2.37. The monoisotopic (exact) mass is 234 g/mol. The summed E-state index contributed by atoms with van der Waals surface area (Å²) in [6.45, 7) is 7.38. The van der Waals surface area contributed by atoms with Crippen molar-refractivity contribution in [2.75, 3.05) is 26.7 Å². The van der Waals surface area contributed by atoms with Crippen molar-refractivity contribution in [2.24, 2.45) is 0 Å². The predicted octanol–water partition coefficient (Wildman–Crippen LogP) is 1.67. The van der Waals surface area contributed by atoms with Crippen LogP contribution in [0.5, 0.6) is 5.75 Å². The molecule has 0 aromatic heterocycles. The van der Waals surface area contributed by atoms with Crippen molar-refractivity contribution in [3.8, 4) is 5.75 Å². The fourth-order valence-electron chi connectivity index (χ4n) is 2.42. The average Bonchev–Trinajstić information content (AvgIpc) is 2.39. The highest BCUT2D eigenvalue weighted by Gasteiger charge is 2.31. The molecule has 2 rings (SSSR count). The molecule has 0 radical (unpaired) electrons. The van der Waals surface area contributed by atoms with E-state index < -0.39 is 0 Å². The van der Waals surface area contributed by atoms with Crippen LogP contribution in [-0.4, -0.2) is 26.7 Å². The van der Waals surface area contributed by atoms with Crippen molar-refractivity contribution in [2.45, 2.75) is 25.8 Å². The molecule has 1 unspecified atom stereocenters. The molecule has 0 bridgehead atoms. The molecule has 0 saturated carbocycles. The molecule has 1 fully saturated rings. The Morgan fingerprint density at radius 3 is 2.76 bits per heavy atom. The molecule has 1 heterocycles. The highest BCUT2D eigenvalue weighted by Crippen LogP contribution is 2.31. The Morgan fingerprint density at radius 2 is 2.18 bits per heavy atom. The summed E-state index contributed by atoms with van der Waals surface area (Å²) in [6, 6.07) is 6.48. The molecule has 94 valence electrons. The summed E-state index contributed by atoms with van der Waals surface area (Å²) in [6.07, 6.45) is 1.06. The van der Waals surface area contributed by atoms with Gasteiger partial charge in [-0.2, -0.15) is 0 Å². The molecule has 0 spiro atoms. The maximum absolute atomic E-state index is 5.50. The number of ether oxygens (including phenoxy) is 1. The second-order valence-electron chi connectivity index (χ2n) is 4.82. The molecule has 2 N–H and O–H groups in total. The Kier molecular flexibility index (Phi) is 3.69. The fraction of sp³-hybridized carbons (Fsp3) is 0.571. The quantitative estimate of drug-likeness (QED) is 0.834. The first-order valence-electron chi connectivity index (χ1n) is 6.33. The third kappa shape index (κ3) is 2.45. The highest BCUT2D eigenvalue weighted by molar-refractivity contribution is 5.42. The lowest BCUT2D eigenvalue weighted by molar-refractivity contribution is 0.289. The van der Waals surface area contributed by atoms with Gasteiger partial charge in [0.25, 0.3) is 0 Å². The summed E-state index contributed by atoms with van der Waals surface area (Å²) in [5.41, 5.74) is 2.58. The van der Waals surface area contributed by atoms with Crippen LogP contribution < -0.4 is 15.4 Å². The number of rotatable bonds is 3. The van der Waals surface area contributed by atoms with Gasteiger partial charge in [-0.3, -0.25) is 0 Å². The third-order valence-electron chi connectivity index (χ3n) is 3.56. The van der Waals surface area contributed by atoms with Crippen LogP contribution in [0.2, 0.25) is 0 Å². The van der Waals surface area contributed by atoms with E-state index in [0.29, 0.717) is 0 Å². The molecule has 3 heteroatoms. The molecule has 3 nitrogen and oxygen atoms in total. The van der Waals surface area contributed by atoms with Gasteiger partial charge in [0.05, 0.1) is 12.6 Å². The molecular formula is C14H22N2O. The van der Waals surface area contributed by atoms with Gasteiger partial charge in [-0.05, 0) is 25.0 Å². The number of hydrogen-bond acceptors (Lipinski definition) is 3. The van der Waals surface area contributed by atoms with E-state index in [9.17, 15) is 0 Å². The molecule has 1 atom stereocenters. The van der Waals surface area contributed by atoms with Gasteiger partial charge >= 0.3 is 0 Å². The first kappa shape index (κ1) is 12.4. The number of benzene rings is 1. The van der Waals surface area contributed by atoms with Crippen LogP contribution in [0.15, 0.2) is 18.2 Å². The van der Waals surface area contributed by atoms with Gasteiger partial charge in [0, 0.05) is 25.2 Å². The predicted molar refractivity (Wildman–Crippen MR) is 70.6 cm³/mol. The van der Waals surface area contributed by atoms with E-state index in [0.717, 1.165) is 31.8 Å². The Morgan fingerprint density at radius 1 is 1.35 bits per heavy atom. The molecule has 1 aromatic rings. The zero-order valence-corrected chi connectivity index (χ0v) is 11.0. The minimum atomic E-state index is -0.0330. The Bertz CT molecular complexity index is 384. The fourth-order valence-corrected chi connectivity index (χ4v) is 2.42. The maximum atomic E-state index is 5.50. The molecule has 0 aliphatic carbocycles. The second kappa shape index (κ2) is 5.07. The SMILES string of the molecule is CCc1ccc(OC)c(C2(C)CNCCN2)c1. The molecule has 1 aromatic carbocycles. The van der Waals surface area contributed by atoms with Crippen molar-refractivity contribution in [3.05, 3.63) is 29.3 Å². The average molecular weight is 234 g/mol. The Hall–Kier alpha value is -1.06. The second-order valence-corrected chi connectivity index (χ2v) is 4.82. The van der Waals surface area contributed by atoms with Crippen LogP contribution in [0, 0.1) is 0 Å². The number of aryl methyl sites for hydroxylation is 1. The minimum Gasteiger partial charge on any atom is -0.496 e. The summed E-state index contributed by atoms with van der Waals surface area (Å²) in [7, 11) is 1.74. The van der Waals surface area contributed by atoms with E-state index in [1.807, 2.05) is 0 Å². The Labute approximate surface area is 104 Å². The van der Waals surface area contributed by atoms with E-state index >= 15 is 0 Å². The van der Waals surface area contributed by atoms with Crippen LogP contribution in [-0.2, 0) is 12.0 Å².